The summed E-state index contributed by atoms with van der Waals surface area (Å²) in [5.41, 5.74) is 5.17. The van der Waals surface area contributed by atoms with Gasteiger partial charge in [0, 0.05) is 23.7 Å². The number of benzene rings is 2. The fourth-order valence-corrected chi connectivity index (χ4v) is 4.40. The SMILES string of the molecule is CCn1nc(-c2ccc(Cl)cc2OC)cc1CC(=O)OCc1ccc2c(c1)nc1n2CCOC1. The Hall–Kier alpha value is -3.36. The second kappa shape index (κ2) is 9.48. The van der Waals surface area contributed by atoms with E-state index in [9.17, 15) is 4.79 Å². The maximum atomic E-state index is 12.6. The first-order valence-electron chi connectivity index (χ1n) is 11.2. The van der Waals surface area contributed by atoms with Gasteiger partial charge in [0.05, 0.1) is 42.6 Å². The standard InChI is InChI=1S/C25H25ClN4O4/c1-3-30-18(12-20(28-30)19-6-5-17(26)11-23(19)32-2)13-25(31)34-14-16-4-7-22-21(10-16)27-24-15-33-9-8-29(22)24/h4-7,10-12H,3,8-9,13-15H2,1-2H3. The van der Waals surface area contributed by atoms with Crippen LogP contribution in [0.5, 0.6) is 5.75 Å². The van der Waals surface area contributed by atoms with E-state index in [1.807, 2.05) is 37.3 Å². The predicted molar refractivity (Wildman–Crippen MR) is 128 cm³/mol. The molecule has 0 unspecified atom stereocenters. The molecule has 2 aromatic carbocycles. The molecule has 34 heavy (non-hydrogen) atoms. The Morgan fingerprint density at radius 2 is 2.09 bits per heavy atom. The molecule has 176 valence electrons. The third kappa shape index (κ3) is 4.38. The van der Waals surface area contributed by atoms with Crippen molar-refractivity contribution >= 4 is 28.6 Å². The number of carbonyl (C=O) groups is 1. The summed E-state index contributed by atoms with van der Waals surface area (Å²) in [5.74, 6) is 1.24. The van der Waals surface area contributed by atoms with Crippen LogP contribution in [0.1, 0.15) is 24.0 Å². The molecule has 0 radical (unpaired) electrons. The lowest BCUT2D eigenvalue weighted by Crippen LogP contribution is -2.16. The summed E-state index contributed by atoms with van der Waals surface area (Å²) in [7, 11) is 1.59. The predicted octanol–water partition coefficient (Wildman–Crippen LogP) is 4.40. The van der Waals surface area contributed by atoms with Crippen molar-refractivity contribution in [3.63, 3.8) is 0 Å². The number of fused-ring (bicyclic) bond motifs is 3. The number of imidazole rings is 1. The highest BCUT2D eigenvalue weighted by molar-refractivity contribution is 6.30. The zero-order chi connectivity index (χ0) is 23.7. The van der Waals surface area contributed by atoms with Gasteiger partial charge in [-0.1, -0.05) is 17.7 Å². The minimum atomic E-state index is -0.318. The zero-order valence-electron chi connectivity index (χ0n) is 19.1. The van der Waals surface area contributed by atoms with Crippen LogP contribution in [-0.2, 0) is 47.0 Å². The number of hydrogen-bond acceptors (Lipinski definition) is 6. The quantitative estimate of drug-likeness (QED) is 0.365. The van der Waals surface area contributed by atoms with Crippen LogP contribution >= 0.6 is 11.6 Å². The number of methoxy groups -OCH3 is 1. The van der Waals surface area contributed by atoms with Crippen LogP contribution in [0.2, 0.25) is 5.02 Å². The van der Waals surface area contributed by atoms with Gasteiger partial charge in [-0.3, -0.25) is 9.48 Å². The Morgan fingerprint density at radius 1 is 1.21 bits per heavy atom. The van der Waals surface area contributed by atoms with E-state index < -0.39 is 0 Å². The molecule has 1 aliphatic rings. The smallest absolute Gasteiger partial charge is 0.312 e. The molecule has 2 aromatic heterocycles. The summed E-state index contributed by atoms with van der Waals surface area (Å²) in [5, 5.41) is 5.22. The van der Waals surface area contributed by atoms with E-state index in [1.54, 1.807) is 23.9 Å². The molecule has 0 saturated heterocycles. The van der Waals surface area contributed by atoms with Gasteiger partial charge in [0.1, 0.15) is 24.8 Å². The number of ether oxygens (including phenoxy) is 3. The Labute approximate surface area is 202 Å². The van der Waals surface area contributed by atoms with Crippen molar-refractivity contribution in [2.75, 3.05) is 13.7 Å². The monoisotopic (exact) mass is 480 g/mol. The third-order valence-corrected chi connectivity index (χ3v) is 6.14. The maximum absolute atomic E-state index is 12.6. The molecule has 0 amide bonds. The number of rotatable bonds is 7. The molecular weight excluding hydrogens is 456 g/mol. The van der Waals surface area contributed by atoms with Crippen molar-refractivity contribution in [1.82, 2.24) is 19.3 Å². The number of esters is 1. The molecule has 0 N–H and O–H groups in total. The Kier molecular flexibility index (Phi) is 6.26. The average Bonchev–Trinajstić information content (AvgIpc) is 3.43. The number of aryl methyl sites for hydroxylation is 1. The summed E-state index contributed by atoms with van der Waals surface area (Å²) < 4.78 is 20.5. The molecule has 0 saturated carbocycles. The summed E-state index contributed by atoms with van der Waals surface area (Å²) in [4.78, 5) is 17.3. The second-order valence-corrected chi connectivity index (χ2v) is 8.51. The average molecular weight is 481 g/mol. The molecule has 0 spiro atoms. The summed E-state index contributed by atoms with van der Waals surface area (Å²) >= 11 is 6.08. The van der Waals surface area contributed by atoms with E-state index in [-0.39, 0.29) is 19.0 Å². The molecule has 4 aromatic rings. The zero-order valence-corrected chi connectivity index (χ0v) is 19.8. The fraction of sp³-hybridized carbons (Fsp3) is 0.320. The van der Waals surface area contributed by atoms with Crippen LogP contribution in [-0.4, -0.2) is 39.0 Å². The van der Waals surface area contributed by atoms with Gasteiger partial charge in [-0.05, 0) is 48.9 Å². The molecule has 9 heteroatoms. The van der Waals surface area contributed by atoms with Crippen molar-refractivity contribution in [3.8, 4) is 17.0 Å². The highest BCUT2D eigenvalue weighted by Gasteiger charge is 2.18. The van der Waals surface area contributed by atoms with Crippen LogP contribution < -0.4 is 4.74 Å². The first-order chi connectivity index (χ1) is 16.6. The summed E-state index contributed by atoms with van der Waals surface area (Å²) in [6, 6.07) is 13.3. The van der Waals surface area contributed by atoms with Gasteiger partial charge in [0.25, 0.3) is 0 Å². The molecule has 0 fully saturated rings. The molecular formula is C25H25ClN4O4. The van der Waals surface area contributed by atoms with Crippen molar-refractivity contribution in [2.24, 2.45) is 0 Å². The normalized spacial score (nSPS) is 13.1. The van der Waals surface area contributed by atoms with Gasteiger partial charge in [0.2, 0.25) is 0 Å². The first kappa shape index (κ1) is 22.4. The molecule has 0 atom stereocenters. The van der Waals surface area contributed by atoms with E-state index in [0.29, 0.717) is 30.5 Å². The van der Waals surface area contributed by atoms with Crippen molar-refractivity contribution in [1.29, 1.82) is 0 Å². The van der Waals surface area contributed by atoms with Crippen LogP contribution in [0.4, 0.5) is 0 Å². The Balaban J connectivity index is 1.28. The van der Waals surface area contributed by atoms with Gasteiger partial charge >= 0.3 is 5.97 Å². The molecule has 8 nitrogen and oxygen atoms in total. The van der Waals surface area contributed by atoms with Crippen LogP contribution in [0.15, 0.2) is 42.5 Å². The van der Waals surface area contributed by atoms with Gasteiger partial charge in [-0.15, -0.1) is 0 Å². The number of aromatic nitrogens is 4. The van der Waals surface area contributed by atoms with E-state index in [0.717, 1.165) is 45.9 Å². The minimum absolute atomic E-state index is 0.120. The molecule has 0 aliphatic carbocycles. The first-order valence-corrected chi connectivity index (χ1v) is 11.6. The Morgan fingerprint density at radius 3 is 2.91 bits per heavy atom. The highest BCUT2D eigenvalue weighted by Crippen LogP contribution is 2.32. The number of halogens is 1. The number of nitrogens with zero attached hydrogens (tertiary/aromatic N) is 4. The lowest BCUT2D eigenvalue weighted by atomic mass is 10.1. The maximum Gasteiger partial charge on any atom is 0.312 e. The summed E-state index contributed by atoms with van der Waals surface area (Å²) in [6.45, 7) is 4.81. The van der Waals surface area contributed by atoms with Gasteiger partial charge in [-0.2, -0.15) is 5.10 Å². The number of carbonyl (C=O) groups excluding carboxylic acids is 1. The minimum Gasteiger partial charge on any atom is -0.496 e. The lowest BCUT2D eigenvalue weighted by molar-refractivity contribution is -0.144. The second-order valence-electron chi connectivity index (χ2n) is 8.07. The highest BCUT2D eigenvalue weighted by atomic mass is 35.5. The molecule has 5 rings (SSSR count). The lowest BCUT2D eigenvalue weighted by Gasteiger charge is -2.14. The molecule has 1 aliphatic heterocycles. The molecule has 0 bridgehead atoms. The van der Waals surface area contributed by atoms with E-state index in [4.69, 9.17) is 25.8 Å². The fourth-order valence-electron chi connectivity index (χ4n) is 4.24. The Bertz CT molecular complexity index is 1360. The van der Waals surface area contributed by atoms with Gasteiger partial charge in [0.15, 0.2) is 0 Å². The van der Waals surface area contributed by atoms with Crippen LogP contribution in [0.25, 0.3) is 22.3 Å². The van der Waals surface area contributed by atoms with Gasteiger partial charge < -0.3 is 18.8 Å². The number of hydrogen-bond donors (Lipinski definition) is 0. The largest absolute Gasteiger partial charge is 0.496 e. The van der Waals surface area contributed by atoms with Gasteiger partial charge in [-0.25, -0.2) is 4.98 Å². The van der Waals surface area contributed by atoms with Crippen LogP contribution in [0, 0.1) is 0 Å². The topological polar surface area (TPSA) is 80.4 Å². The van der Waals surface area contributed by atoms with Crippen molar-refractivity contribution in [2.45, 2.75) is 39.6 Å². The summed E-state index contributed by atoms with van der Waals surface area (Å²) in [6.07, 6.45) is 0.120. The van der Waals surface area contributed by atoms with E-state index in [1.165, 1.54) is 0 Å². The van der Waals surface area contributed by atoms with E-state index >= 15 is 0 Å². The van der Waals surface area contributed by atoms with Crippen molar-refractivity contribution < 1.29 is 19.0 Å². The molecule has 3 heterocycles. The third-order valence-electron chi connectivity index (χ3n) is 5.91. The van der Waals surface area contributed by atoms with Crippen LogP contribution in [0.3, 0.4) is 0 Å². The van der Waals surface area contributed by atoms with Crippen molar-refractivity contribution in [3.05, 3.63) is 64.6 Å². The van der Waals surface area contributed by atoms with E-state index in [2.05, 4.69) is 14.6 Å².